The van der Waals surface area contributed by atoms with Crippen molar-refractivity contribution in [3.8, 4) is 16.1 Å². The Bertz CT molecular complexity index is 1230. The lowest BCUT2D eigenvalue weighted by molar-refractivity contribution is 0.0955. The first-order valence-corrected chi connectivity index (χ1v) is 11.1. The lowest BCUT2D eigenvalue weighted by Crippen LogP contribution is -2.21. The normalized spacial score (nSPS) is 12.3. The number of para-hydroxylation sites is 1. The van der Waals surface area contributed by atoms with E-state index < -0.39 is 0 Å². The van der Waals surface area contributed by atoms with Crippen molar-refractivity contribution in [1.82, 2.24) is 15.1 Å². The molecule has 150 valence electrons. The first kappa shape index (κ1) is 19.1. The number of halogens is 1. The second-order valence-electron chi connectivity index (χ2n) is 7.43. The van der Waals surface area contributed by atoms with Gasteiger partial charge in [0.05, 0.1) is 22.0 Å². The van der Waals surface area contributed by atoms with E-state index in [1.54, 1.807) is 11.3 Å². The summed E-state index contributed by atoms with van der Waals surface area (Å²) >= 11 is 7.49. The smallest absolute Gasteiger partial charge is 0.261 e. The number of thiophene rings is 1. The third-order valence-corrected chi connectivity index (χ3v) is 6.86. The Balaban J connectivity index is 1.42. The van der Waals surface area contributed by atoms with Crippen molar-refractivity contribution in [3.05, 3.63) is 93.1 Å². The van der Waals surface area contributed by atoms with Crippen molar-refractivity contribution in [2.75, 3.05) is 0 Å². The van der Waals surface area contributed by atoms with Crippen LogP contribution in [-0.2, 0) is 19.4 Å². The van der Waals surface area contributed by atoms with E-state index in [9.17, 15) is 4.79 Å². The highest BCUT2D eigenvalue weighted by Crippen LogP contribution is 2.42. The highest BCUT2D eigenvalue weighted by molar-refractivity contribution is 7.17. The van der Waals surface area contributed by atoms with Crippen LogP contribution in [-0.4, -0.2) is 15.7 Å². The van der Waals surface area contributed by atoms with Gasteiger partial charge in [-0.1, -0.05) is 41.9 Å². The molecule has 4 nitrogen and oxygen atoms in total. The molecule has 1 aliphatic rings. The predicted molar refractivity (Wildman–Crippen MR) is 122 cm³/mol. The minimum absolute atomic E-state index is 0.0426. The van der Waals surface area contributed by atoms with Crippen LogP contribution in [0.1, 0.15) is 32.2 Å². The topological polar surface area (TPSA) is 46.9 Å². The second kappa shape index (κ2) is 7.74. The molecule has 2 aromatic carbocycles. The number of hydrogen-bond donors (Lipinski definition) is 1. The van der Waals surface area contributed by atoms with Crippen molar-refractivity contribution in [3.63, 3.8) is 0 Å². The SMILES string of the molecule is Cc1nn(-c2ccccc2)c2c1-c1sc(C(=O)NCc3ccc(Cl)cc3)cc1CC2. The summed E-state index contributed by atoms with van der Waals surface area (Å²) in [5.41, 5.74) is 6.74. The molecule has 0 saturated heterocycles. The fourth-order valence-electron chi connectivity index (χ4n) is 3.95. The lowest BCUT2D eigenvalue weighted by Gasteiger charge is -2.14. The first-order valence-electron chi connectivity index (χ1n) is 9.90. The van der Waals surface area contributed by atoms with E-state index in [0.29, 0.717) is 11.6 Å². The summed E-state index contributed by atoms with van der Waals surface area (Å²) in [6.45, 7) is 2.53. The van der Waals surface area contributed by atoms with Gasteiger partial charge < -0.3 is 5.32 Å². The summed E-state index contributed by atoms with van der Waals surface area (Å²) in [6.07, 6.45) is 1.84. The molecular weight excluding hydrogens is 414 g/mol. The number of fused-ring (bicyclic) bond motifs is 3. The van der Waals surface area contributed by atoms with Crippen molar-refractivity contribution in [2.24, 2.45) is 0 Å². The molecule has 0 aliphatic heterocycles. The summed E-state index contributed by atoms with van der Waals surface area (Å²) < 4.78 is 2.05. The van der Waals surface area contributed by atoms with Gasteiger partial charge in [0, 0.05) is 22.0 Å². The highest BCUT2D eigenvalue weighted by Gasteiger charge is 2.27. The van der Waals surface area contributed by atoms with Crippen molar-refractivity contribution < 1.29 is 4.79 Å². The summed E-state index contributed by atoms with van der Waals surface area (Å²) in [4.78, 5) is 14.7. The van der Waals surface area contributed by atoms with E-state index in [-0.39, 0.29) is 5.91 Å². The molecule has 2 heterocycles. The average Bonchev–Trinajstić information content (AvgIpc) is 3.35. The van der Waals surface area contributed by atoms with E-state index in [2.05, 4.69) is 17.4 Å². The van der Waals surface area contributed by atoms with E-state index in [0.717, 1.165) is 34.7 Å². The Morgan fingerprint density at radius 3 is 2.67 bits per heavy atom. The Hall–Kier alpha value is -2.89. The van der Waals surface area contributed by atoms with Gasteiger partial charge in [-0.15, -0.1) is 11.3 Å². The average molecular weight is 434 g/mol. The standard InChI is InChI=1S/C24H20ClN3OS/c1-15-22-20(28(27-15)19-5-3-2-4-6-19)12-9-17-13-21(30-23(17)22)24(29)26-14-16-7-10-18(25)11-8-16/h2-8,10-11,13H,9,12,14H2,1H3,(H,26,29). The van der Waals surface area contributed by atoms with Crippen molar-refractivity contribution >= 4 is 28.8 Å². The molecule has 0 unspecified atom stereocenters. The monoisotopic (exact) mass is 433 g/mol. The Labute approximate surface area is 184 Å². The predicted octanol–water partition coefficient (Wildman–Crippen LogP) is 5.59. The molecule has 4 aromatic rings. The van der Waals surface area contributed by atoms with Gasteiger partial charge in [-0.25, -0.2) is 4.68 Å². The van der Waals surface area contributed by atoms with Crippen LogP contribution in [0.15, 0.2) is 60.7 Å². The molecule has 0 radical (unpaired) electrons. The third kappa shape index (κ3) is 3.44. The molecule has 0 saturated carbocycles. The molecule has 1 amide bonds. The van der Waals surface area contributed by atoms with Crippen molar-refractivity contribution in [2.45, 2.75) is 26.3 Å². The van der Waals surface area contributed by atoms with Crippen LogP contribution < -0.4 is 5.32 Å². The van der Waals surface area contributed by atoms with Gasteiger partial charge >= 0.3 is 0 Å². The Morgan fingerprint density at radius 2 is 1.90 bits per heavy atom. The van der Waals surface area contributed by atoms with Gasteiger partial charge in [0.25, 0.3) is 5.91 Å². The molecule has 0 fully saturated rings. The Kier molecular flexibility index (Phi) is 4.93. The van der Waals surface area contributed by atoms with Gasteiger partial charge in [0.2, 0.25) is 0 Å². The zero-order chi connectivity index (χ0) is 20.7. The van der Waals surface area contributed by atoms with Crippen LogP contribution in [0.3, 0.4) is 0 Å². The van der Waals surface area contributed by atoms with Gasteiger partial charge in [-0.2, -0.15) is 5.10 Å². The van der Waals surface area contributed by atoms with Gasteiger partial charge in [-0.3, -0.25) is 4.79 Å². The first-order chi connectivity index (χ1) is 14.6. The molecule has 6 heteroatoms. The number of aromatic nitrogens is 2. The van der Waals surface area contributed by atoms with Crippen LogP contribution in [0.25, 0.3) is 16.1 Å². The van der Waals surface area contributed by atoms with Crippen LogP contribution in [0.4, 0.5) is 0 Å². The molecule has 5 rings (SSSR count). The van der Waals surface area contributed by atoms with E-state index in [1.807, 2.05) is 60.1 Å². The number of carbonyl (C=O) groups is 1. The lowest BCUT2D eigenvalue weighted by atomic mass is 9.95. The van der Waals surface area contributed by atoms with Crippen LogP contribution in [0.5, 0.6) is 0 Å². The maximum atomic E-state index is 12.8. The van der Waals surface area contributed by atoms with E-state index in [1.165, 1.54) is 21.7 Å². The molecule has 1 N–H and O–H groups in total. The number of benzene rings is 2. The maximum Gasteiger partial charge on any atom is 0.261 e. The molecule has 0 bridgehead atoms. The van der Waals surface area contributed by atoms with Crippen LogP contribution in [0.2, 0.25) is 5.02 Å². The highest BCUT2D eigenvalue weighted by atomic mass is 35.5. The summed E-state index contributed by atoms with van der Waals surface area (Å²) in [6, 6.07) is 19.8. The van der Waals surface area contributed by atoms with Gasteiger partial charge in [-0.05, 0) is 61.2 Å². The number of carbonyl (C=O) groups excluding carboxylic acids is 1. The third-order valence-electron chi connectivity index (χ3n) is 5.41. The molecule has 2 aromatic heterocycles. The minimum atomic E-state index is -0.0426. The van der Waals surface area contributed by atoms with Crippen molar-refractivity contribution in [1.29, 1.82) is 0 Å². The van der Waals surface area contributed by atoms with Crippen LogP contribution >= 0.6 is 22.9 Å². The summed E-state index contributed by atoms with van der Waals surface area (Å²) in [7, 11) is 0. The van der Waals surface area contributed by atoms with E-state index in [4.69, 9.17) is 16.7 Å². The quantitative estimate of drug-likeness (QED) is 0.456. The summed E-state index contributed by atoms with van der Waals surface area (Å²) in [5, 5.41) is 8.52. The van der Waals surface area contributed by atoms with Gasteiger partial charge in [0.15, 0.2) is 0 Å². The zero-order valence-electron chi connectivity index (χ0n) is 16.5. The number of nitrogens with zero attached hydrogens (tertiary/aromatic N) is 2. The fourth-order valence-corrected chi connectivity index (χ4v) is 5.32. The largest absolute Gasteiger partial charge is 0.347 e. The Morgan fingerprint density at radius 1 is 1.13 bits per heavy atom. The second-order valence-corrected chi connectivity index (χ2v) is 8.92. The molecule has 0 atom stereocenters. The van der Waals surface area contributed by atoms with Gasteiger partial charge in [0.1, 0.15) is 0 Å². The zero-order valence-corrected chi connectivity index (χ0v) is 18.1. The van der Waals surface area contributed by atoms with Crippen LogP contribution in [0, 0.1) is 6.92 Å². The summed E-state index contributed by atoms with van der Waals surface area (Å²) in [5.74, 6) is -0.0426. The number of amides is 1. The molecule has 1 aliphatic carbocycles. The molecule has 30 heavy (non-hydrogen) atoms. The minimum Gasteiger partial charge on any atom is -0.347 e. The molecule has 0 spiro atoms. The number of rotatable bonds is 4. The number of hydrogen-bond acceptors (Lipinski definition) is 3. The van der Waals surface area contributed by atoms with E-state index >= 15 is 0 Å². The maximum absolute atomic E-state index is 12.8. The molecular formula is C24H20ClN3OS. The fraction of sp³-hybridized carbons (Fsp3) is 0.167. The number of aryl methyl sites for hydroxylation is 2. The number of nitrogens with one attached hydrogen (secondary N) is 1.